The summed E-state index contributed by atoms with van der Waals surface area (Å²) in [5, 5.41) is 0. The summed E-state index contributed by atoms with van der Waals surface area (Å²) in [7, 11) is -4.12. The number of halogens is 3. The van der Waals surface area contributed by atoms with Gasteiger partial charge in [0.15, 0.2) is 0 Å². The molecule has 0 aliphatic heterocycles. The molecule has 0 atom stereocenters. The molecule has 0 spiro atoms. The van der Waals surface area contributed by atoms with Crippen LogP contribution in [0, 0.1) is 5.92 Å². The van der Waals surface area contributed by atoms with Crippen LogP contribution in [-0.4, -0.2) is 28.7 Å². The first-order valence-electron chi connectivity index (χ1n) is 11.8. The standard InChI is InChI=1S/C25H30F3N3O3S/c1-24(2,3)23-29-20-13-18(9-10-21(20)31(23)15-17-7-5-4-6-8-17)35(33,34)19-11-12-30(22(32)14-19)16-25(26,27)28/h9-14,17H,4-8,15-16H2,1-3H3. The molecule has 2 heterocycles. The Morgan fingerprint density at radius 2 is 1.66 bits per heavy atom. The number of benzene rings is 1. The zero-order valence-corrected chi connectivity index (χ0v) is 20.9. The highest BCUT2D eigenvalue weighted by Crippen LogP contribution is 2.33. The van der Waals surface area contributed by atoms with Crippen molar-refractivity contribution in [1.82, 2.24) is 14.1 Å². The van der Waals surface area contributed by atoms with Gasteiger partial charge in [-0.15, -0.1) is 0 Å². The number of nitrogens with zero attached hydrogens (tertiary/aromatic N) is 3. The molecule has 35 heavy (non-hydrogen) atoms. The van der Waals surface area contributed by atoms with Crippen LogP contribution in [0.1, 0.15) is 58.7 Å². The maximum Gasteiger partial charge on any atom is 0.406 e. The van der Waals surface area contributed by atoms with Gasteiger partial charge in [0.05, 0.1) is 20.8 Å². The fraction of sp³-hybridized carbons (Fsp3) is 0.520. The maximum atomic E-state index is 13.2. The number of hydrogen-bond donors (Lipinski definition) is 0. The lowest BCUT2D eigenvalue weighted by Crippen LogP contribution is -2.27. The molecule has 0 unspecified atom stereocenters. The third-order valence-electron chi connectivity index (χ3n) is 6.49. The average Bonchev–Trinajstić information content (AvgIpc) is 3.13. The van der Waals surface area contributed by atoms with Gasteiger partial charge in [0.2, 0.25) is 9.84 Å². The fourth-order valence-electron chi connectivity index (χ4n) is 4.78. The Bertz CT molecular complexity index is 1390. The molecule has 0 amide bonds. The Morgan fingerprint density at radius 1 is 1.00 bits per heavy atom. The molecule has 190 valence electrons. The number of rotatable bonds is 5. The Morgan fingerprint density at radius 3 is 2.26 bits per heavy atom. The van der Waals surface area contributed by atoms with Crippen LogP contribution in [-0.2, 0) is 28.3 Å². The number of alkyl halides is 3. The van der Waals surface area contributed by atoms with Crippen LogP contribution >= 0.6 is 0 Å². The number of sulfone groups is 1. The largest absolute Gasteiger partial charge is 0.406 e. The number of hydrogen-bond acceptors (Lipinski definition) is 4. The normalized spacial score (nSPS) is 16.2. The second-order valence-electron chi connectivity index (χ2n) is 10.4. The highest BCUT2D eigenvalue weighted by atomic mass is 32.2. The molecule has 1 aromatic carbocycles. The van der Waals surface area contributed by atoms with E-state index in [1.807, 2.05) is 0 Å². The van der Waals surface area contributed by atoms with Gasteiger partial charge < -0.3 is 9.13 Å². The van der Waals surface area contributed by atoms with E-state index in [9.17, 15) is 26.4 Å². The second-order valence-corrected chi connectivity index (χ2v) is 12.3. The lowest BCUT2D eigenvalue weighted by atomic mass is 9.88. The highest BCUT2D eigenvalue weighted by molar-refractivity contribution is 7.91. The second kappa shape index (κ2) is 9.11. The quantitative estimate of drug-likeness (QED) is 0.457. The third kappa shape index (κ3) is 5.47. The molecular weight excluding hydrogens is 479 g/mol. The molecule has 1 saturated carbocycles. The summed E-state index contributed by atoms with van der Waals surface area (Å²) in [5.74, 6) is 1.43. The van der Waals surface area contributed by atoms with Gasteiger partial charge in [0, 0.05) is 24.2 Å². The van der Waals surface area contributed by atoms with Gasteiger partial charge in [-0.05, 0) is 43.0 Å². The zero-order chi connectivity index (χ0) is 25.6. The summed E-state index contributed by atoms with van der Waals surface area (Å²) in [6.07, 6.45) is 2.29. The highest BCUT2D eigenvalue weighted by Gasteiger charge is 2.30. The van der Waals surface area contributed by atoms with Gasteiger partial charge in [-0.25, -0.2) is 13.4 Å². The number of pyridine rings is 1. The summed E-state index contributed by atoms with van der Waals surface area (Å²) in [6.45, 7) is 5.55. The minimum atomic E-state index is -4.59. The predicted octanol–water partition coefficient (Wildman–Crippen LogP) is 5.47. The Hall–Kier alpha value is -2.62. The van der Waals surface area contributed by atoms with Crippen molar-refractivity contribution in [3.8, 4) is 0 Å². The van der Waals surface area contributed by atoms with E-state index in [1.165, 1.54) is 31.4 Å². The van der Waals surface area contributed by atoms with Crippen molar-refractivity contribution in [2.24, 2.45) is 5.92 Å². The number of fused-ring (bicyclic) bond motifs is 1. The van der Waals surface area contributed by atoms with Crippen LogP contribution < -0.4 is 5.56 Å². The van der Waals surface area contributed by atoms with Gasteiger partial charge in [0.1, 0.15) is 12.4 Å². The van der Waals surface area contributed by atoms with Gasteiger partial charge in [-0.3, -0.25) is 4.79 Å². The fourth-order valence-corrected chi connectivity index (χ4v) is 6.06. The van der Waals surface area contributed by atoms with Gasteiger partial charge >= 0.3 is 6.18 Å². The molecule has 10 heteroatoms. The monoisotopic (exact) mass is 509 g/mol. The molecule has 0 bridgehead atoms. The third-order valence-corrected chi connectivity index (χ3v) is 8.24. The molecule has 3 aromatic rings. The molecule has 6 nitrogen and oxygen atoms in total. The number of aromatic nitrogens is 3. The van der Waals surface area contributed by atoms with Gasteiger partial charge in [0.25, 0.3) is 5.56 Å². The smallest absolute Gasteiger partial charge is 0.327 e. The van der Waals surface area contributed by atoms with Gasteiger partial charge in [-0.1, -0.05) is 40.0 Å². The minimum Gasteiger partial charge on any atom is -0.327 e. The van der Waals surface area contributed by atoms with E-state index in [4.69, 9.17) is 4.98 Å². The summed E-state index contributed by atoms with van der Waals surface area (Å²) in [4.78, 5) is 16.5. The van der Waals surface area contributed by atoms with E-state index in [1.54, 1.807) is 6.07 Å². The first kappa shape index (κ1) is 25.5. The van der Waals surface area contributed by atoms with Gasteiger partial charge in [-0.2, -0.15) is 13.2 Å². The molecule has 1 aliphatic carbocycles. The molecule has 0 radical (unpaired) electrons. The van der Waals surface area contributed by atoms with E-state index in [0.29, 0.717) is 16.0 Å². The first-order chi connectivity index (χ1) is 16.3. The van der Waals surface area contributed by atoms with Crippen molar-refractivity contribution in [2.45, 2.75) is 87.3 Å². The van der Waals surface area contributed by atoms with Crippen molar-refractivity contribution in [2.75, 3.05) is 0 Å². The van der Waals surface area contributed by atoms with Crippen molar-refractivity contribution in [3.05, 3.63) is 52.7 Å². The summed E-state index contributed by atoms with van der Waals surface area (Å²) in [5.41, 5.74) is 0.101. The molecule has 2 aromatic heterocycles. The topological polar surface area (TPSA) is 74.0 Å². The summed E-state index contributed by atoms with van der Waals surface area (Å²) < 4.78 is 67.0. The van der Waals surface area contributed by atoms with E-state index in [-0.39, 0.29) is 15.2 Å². The maximum absolute atomic E-state index is 13.2. The summed E-state index contributed by atoms with van der Waals surface area (Å²) in [6, 6.07) is 6.45. The molecule has 0 saturated heterocycles. The Kier molecular flexibility index (Phi) is 6.63. The molecule has 1 aliphatic rings. The average molecular weight is 510 g/mol. The van der Waals surface area contributed by atoms with E-state index >= 15 is 0 Å². The van der Waals surface area contributed by atoms with Crippen LogP contribution in [0.2, 0.25) is 0 Å². The van der Waals surface area contributed by atoms with Crippen molar-refractivity contribution in [3.63, 3.8) is 0 Å². The Labute approximate surface area is 202 Å². The molecule has 1 fully saturated rings. The van der Waals surface area contributed by atoms with Crippen molar-refractivity contribution < 1.29 is 21.6 Å². The minimum absolute atomic E-state index is 0.0549. The van der Waals surface area contributed by atoms with Crippen LogP contribution in [0.4, 0.5) is 13.2 Å². The lowest BCUT2D eigenvalue weighted by Gasteiger charge is -2.26. The van der Waals surface area contributed by atoms with Crippen molar-refractivity contribution in [1.29, 1.82) is 0 Å². The zero-order valence-electron chi connectivity index (χ0n) is 20.1. The van der Waals surface area contributed by atoms with Crippen LogP contribution in [0.3, 0.4) is 0 Å². The molecule has 0 N–H and O–H groups in total. The lowest BCUT2D eigenvalue weighted by molar-refractivity contribution is -0.141. The summed E-state index contributed by atoms with van der Waals surface area (Å²) >= 11 is 0. The molecule has 4 rings (SSSR count). The Balaban J connectivity index is 1.73. The van der Waals surface area contributed by atoms with Crippen molar-refractivity contribution >= 4 is 20.9 Å². The van der Waals surface area contributed by atoms with Crippen LogP contribution in [0.25, 0.3) is 11.0 Å². The predicted molar refractivity (Wildman–Crippen MR) is 127 cm³/mol. The first-order valence-corrected chi connectivity index (χ1v) is 13.3. The number of imidazole rings is 1. The van der Waals surface area contributed by atoms with E-state index in [0.717, 1.165) is 49.1 Å². The molecular formula is C25H30F3N3O3S. The van der Waals surface area contributed by atoms with Crippen LogP contribution in [0.5, 0.6) is 0 Å². The van der Waals surface area contributed by atoms with E-state index in [2.05, 4.69) is 25.3 Å². The van der Waals surface area contributed by atoms with E-state index < -0.39 is 28.1 Å². The van der Waals surface area contributed by atoms with Crippen LogP contribution in [0.15, 0.2) is 51.1 Å². The SMILES string of the molecule is CC(C)(C)c1nc2cc(S(=O)(=O)c3ccn(CC(F)(F)F)c(=O)c3)ccc2n1CC1CCCCC1.